The fourth-order valence-electron chi connectivity index (χ4n) is 6.33. The number of hydrogen-bond donors (Lipinski definition) is 1. The third-order valence-electron chi connectivity index (χ3n) is 8.02. The topological polar surface area (TPSA) is 40.5 Å². The van der Waals surface area contributed by atoms with Crippen LogP contribution in [0.2, 0.25) is 0 Å². The van der Waals surface area contributed by atoms with Gasteiger partial charge in [0.2, 0.25) is 0 Å². The molecule has 1 fully saturated rings. The molecule has 1 aliphatic heterocycles. The number of nitrogens with one attached hydrogen (secondary N) is 1. The van der Waals surface area contributed by atoms with Crippen LogP contribution >= 0.6 is 19.4 Å². The van der Waals surface area contributed by atoms with Gasteiger partial charge in [0, 0.05) is 24.5 Å². The zero-order valence-electron chi connectivity index (χ0n) is 29.1. The molecule has 1 saturated heterocycles. The maximum Gasteiger partial charge on any atom is 0.0146 e. The standard InChI is InChI=1S/C21H27N2.C18H21NO2.2ClH.Ru/c1-14-9-16(3)20(17(4)10-14)22-7-8-23(13-22)21-18(5)11-15(2)12-19(21)6;1-13(2)21-18-8-6-5-7-17(18)19-12-15-9-10-16(20-4)11-14(15)3;;;/h9-13H,7-8H2,1-6H3;3,5-11,13,19H,12H2,1-2,4H3;2*1H;/q-1;;;;+2/p-1. The van der Waals surface area contributed by atoms with Gasteiger partial charge in [-0.3, -0.25) is 0 Å². The van der Waals surface area contributed by atoms with E-state index in [1.807, 2.05) is 47.1 Å². The molecule has 254 valence electrons. The molecule has 4 aromatic rings. The van der Waals surface area contributed by atoms with Crippen molar-refractivity contribution in [2.45, 2.75) is 68.0 Å². The largest absolute Gasteiger partial charge is 0.502 e. The molecule has 0 saturated carbocycles. The average molecular weight is 764 g/mol. The number of aliphatic hydroxyl groups is 1. The van der Waals surface area contributed by atoms with Gasteiger partial charge < -0.3 is 9.80 Å². The molecule has 5 nitrogen and oxygen atoms in total. The van der Waals surface area contributed by atoms with Gasteiger partial charge in [-0.25, -0.2) is 0 Å². The molecule has 0 amide bonds. The number of hydrogen-bond acceptors (Lipinski definition) is 4. The molecule has 0 radical (unpaired) electrons. The van der Waals surface area contributed by atoms with Gasteiger partial charge in [0.15, 0.2) is 0 Å². The van der Waals surface area contributed by atoms with Crippen LogP contribution in [0.3, 0.4) is 0 Å². The summed E-state index contributed by atoms with van der Waals surface area (Å²) in [7, 11) is 13.8. The maximum atomic E-state index is 6.06. The van der Waals surface area contributed by atoms with Crippen LogP contribution in [0, 0.1) is 48.2 Å². The van der Waals surface area contributed by atoms with Crippen LogP contribution in [0.5, 0.6) is 11.5 Å². The molecule has 1 heterocycles. The van der Waals surface area contributed by atoms with Gasteiger partial charge in [-0.05, 0) is 63.8 Å². The van der Waals surface area contributed by atoms with E-state index in [-0.39, 0.29) is 6.10 Å². The summed E-state index contributed by atoms with van der Waals surface area (Å²) in [5, 5.41) is 3.46. The molecular weight excluding hydrogens is 714 g/mol. The Morgan fingerprint density at radius 2 is 1.36 bits per heavy atom. The Bertz CT molecular complexity index is 1610. The van der Waals surface area contributed by atoms with E-state index in [4.69, 9.17) is 24.1 Å². The van der Waals surface area contributed by atoms with Crippen molar-refractivity contribution in [1.82, 2.24) is 0 Å². The predicted molar refractivity (Wildman–Crippen MR) is 201 cm³/mol. The molecule has 47 heavy (non-hydrogen) atoms. The molecule has 0 bridgehead atoms. The van der Waals surface area contributed by atoms with Gasteiger partial charge in [-0.15, -0.1) is 0 Å². The van der Waals surface area contributed by atoms with Gasteiger partial charge in [0.1, 0.15) is 0 Å². The van der Waals surface area contributed by atoms with Crippen molar-refractivity contribution in [1.29, 1.82) is 0 Å². The van der Waals surface area contributed by atoms with E-state index < -0.39 is 13.5 Å². The number of benzene rings is 4. The van der Waals surface area contributed by atoms with Crippen molar-refractivity contribution >= 4 is 41.1 Å². The van der Waals surface area contributed by atoms with Crippen LogP contribution in [0.1, 0.15) is 58.4 Å². The Morgan fingerprint density at radius 3 is 1.85 bits per heavy atom. The zero-order valence-corrected chi connectivity index (χ0v) is 32.3. The summed E-state index contributed by atoms with van der Waals surface area (Å²) in [5.74, 6) is 1.76. The number of ether oxygens (including phenoxy) is 2. The second-order valence-electron chi connectivity index (χ2n) is 12.5. The molecule has 0 atom stereocenters. The smallest absolute Gasteiger partial charge is 0.0146 e. The Hall–Kier alpha value is -3.05. The molecule has 5 rings (SSSR count). The Morgan fingerprint density at radius 1 is 0.830 bits per heavy atom. The second kappa shape index (κ2) is 16.9. The summed E-state index contributed by atoms with van der Waals surface area (Å²) >= 11 is -1.91. The number of rotatable bonds is 9. The SMILES string of the molecule is COc1ccc(CNc2ccccc2[OH+]C(C)C)c([CH]=[Ru]([Cl])[Cl])c1.Cc1cc(C)c(N2[CH-]N(c3c(C)cc(C)cc3C)CC2)c(C)c1. The molecule has 0 unspecified atom stereocenters. The van der Waals surface area contributed by atoms with E-state index in [9.17, 15) is 0 Å². The molecule has 0 aromatic heterocycles. The monoisotopic (exact) mass is 763 g/mol. The van der Waals surface area contributed by atoms with Crippen LogP contribution in [-0.4, -0.2) is 35.6 Å². The molecular formula is C39H49Cl2N3O2Ru. The number of aromatic hydroxyl groups is 1. The van der Waals surface area contributed by atoms with Gasteiger partial charge in [0.05, 0.1) is 0 Å². The molecule has 1 aliphatic rings. The summed E-state index contributed by atoms with van der Waals surface area (Å²) in [5.41, 5.74) is 14.0. The zero-order chi connectivity index (χ0) is 34.2. The summed E-state index contributed by atoms with van der Waals surface area (Å²) in [6.45, 7) is 22.4. The molecule has 2 N–H and O–H groups in total. The van der Waals surface area contributed by atoms with Gasteiger partial charge in [-0.1, -0.05) is 35.4 Å². The van der Waals surface area contributed by atoms with E-state index >= 15 is 0 Å². The number of halogens is 2. The number of aryl methyl sites for hydroxylation is 6. The quantitative estimate of drug-likeness (QED) is 0.0798. The third kappa shape index (κ3) is 9.98. The van der Waals surface area contributed by atoms with Gasteiger partial charge in [0.25, 0.3) is 0 Å². The minimum absolute atomic E-state index is 0.247. The Balaban J connectivity index is 0.000000213. The normalized spacial score (nSPS) is 12.9. The maximum absolute atomic E-state index is 6.06. The third-order valence-corrected chi connectivity index (χ3v) is 9.85. The first kappa shape index (κ1) is 36.8. The fraction of sp³-hybridized carbons (Fsp3) is 0.333. The molecule has 8 heteroatoms. The number of nitrogens with zero attached hydrogens (tertiary/aromatic N) is 2. The summed E-state index contributed by atoms with van der Waals surface area (Å²) in [4.78, 5) is 4.81. The average Bonchev–Trinajstić information content (AvgIpc) is 3.44. The summed E-state index contributed by atoms with van der Waals surface area (Å²) in [6.07, 6.45) is 0.247. The van der Waals surface area contributed by atoms with E-state index in [1.54, 1.807) is 7.11 Å². The van der Waals surface area contributed by atoms with Crippen molar-refractivity contribution < 1.29 is 23.0 Å². The molecule has 4 aromatic carbocycles. The Kier molecular flexibility index (Phi) is 13.2. The van der Waals surface area contributed by atoms with Gasteiger partial charge >= 0.3 is 157 Å². The van der Waals surface area contributed by atoms with Crippen molar-refractivity contribution in [3.8, 4) is 11.5 Å². The van der Waals surface area contributed by atoms with Crippen molar-refractivity contribution in [2.75, 3.05) is 35.3 Å². The first-order valence-corrected chi connectivity index (χ1v) is 21.4. The number of methoxy groups -OCH3 is 1. The van der Waals surface area contributed by atoms with E-state index in [1.165, 1.54) is 44.8 Å². The predicted octanol–water partition coefficient (Wildman–Crippen LogP) is 10.0. The molecule has 0 aliphatic carbocycles. The van der Waals surface area contributed by atoms with Crippen LogP contribution in [0.4, 0.5) is 17.1 Å². The van der Waals surface area contributed by atoms with Crippen molar-refractivity contribution in [2.24, 2.45) is 0 Å². The van der Waals surface area contributed by atoms with Crippen LogP contribution in [0.25, 0.3) is 0 Å². The van der Waals surface area contributed by atoms with Crippen molar-refractivity contribution in [3.05, 3.63) is 118 Å². The fourth-order valence-corrected chi connectivity index (χ4v) is 8.19. The summed E-state index contributed by atoms with van der Waals surface area (Å²) < 4.78 is 11.9. The van der Waals surface area contributed by atoms with Crippen LogP contribution in [-0.2, 0) is 20.1 Å². The van der Waals surface area contributed by atoms with Crippen LogP contribution < -0.4 is 19.9 Å². The number of para-hydroxylation sites is 2. The van der Waals surface area contributed by atoms with E-state index in [2.05, 4.69) is 106 Å². The van der Waals surface area contributed by atoms with E-state index in [0.717, 1.165) is 41.4 Å². The Labute approximate surface area is 295 Å². The second-order valence-corrected chi connectivity index (χ2v) is 18.2. The van der Waals surface area contributed by atoms with Gasteiger partial charge in [-0.2, -0.15) is 6.67 Å². The van der Waals surface area contributed by atoms with E-state index in [0.29, 0.717) is 6.54 Å². The van der Waals surface area contributed by atoms with Crippen LogP contribution in [0.15, 0.2) is 66.7 Å². The van der Waals surface area contributed by atoms with Crippen molar-refractivity contribution in [3.63, 3.8) is 0 Å². The number of anilines is 3. The minimum atomic E-state index is -1.91. The first-order chi connectivity index (χ1) is 22.4. The first-order valence-electron chi connectivity index (χ1n) is 15.9. The summed E-state index contributed by atoms with van der Waals surface area (Å²) in [6, 6.07) is 23.1. The minimum Gasteiger partial charge on any atom is -0.502 e. The molecule has 0 spiro atoms.